The fourth-order valence-corrected chi connectivity index (χ4v) is 4.03. The Morgan fingerprint density at radius 2 is 1.61 bits per heavy atom. The second-order valence-corrected chi connectivity index (χ2v) is 6.82. The molecule has 0 spiro atoms. The van der Waals surface area contributed by atoms with E-state index in [1.165, 1.54) is 30.4 Å². The topological polar surface area (TPSA) is 26.0 Å². The summed E-state index contributed by atoms with van der Waals surface area (Å²) in [6, 6.07) is 8.82. The lowest BCUT2D eigenvalue weighted by molar-refractivity contribution is 0.137. The van der Waals surface area contributed by atoms with Gasteiger partial charge < -0.3 is 5.73 Å². The van der Waals surface area contributed by atoms with Crippen LogP contribution in [0.5, 0.6) is 0 Å². The van der Waals surface area contributed by atoms with Crippen molar-refractivity contribution in [1.82, 2.24) is 0 Å². The molecule has 0 bridgehead atoms. The van der Waals surface area contributed by atoms with Crippen LogP contribution in [-0.4, -0.2) is 5.54 Å². The summed E-state index contributed by atoms with van der Waals surface area (Å²) in [5, 5.41) is 0. The highest BCUT2D eigenvalue weighted by atomic mass is 14.8. The number of nitrogens with two attached hydrogens (primary N) is 1. The molecule has 3 atom stereocenters. The first kappa shape index (κ1) is 12.2. The van der Waals surface area contributed by atoms with Crippen molar-refractivity contribution in [2.45, 2.75) is 51.5 Å². The molecule has 1 fully saturated rings. The Hall–Kier alpha value is -0.820. The Balaban J connectivity index is 1.78. The van der Waals surface area contributed by atoms with Crippen LogP contribution in [0, 0.1) is 17.8 Å². The van der Waals surface area contributed by atoms with Gasteiger partial charge in [-0.15, -0.1) is 0 Å². The normalized spacial score (nSPS) is 34.3. The van der Waals surface area contributed by atoms with Crippen molar-refractivity contribution in [1.29, 1.82) is 0 Å². The van der Waals surface area contributed by atoms with Gasteiger partial charge in [0, 0.05) is 5.54 Å². The van der Waals surface area contributed by atoms with Crippen LogP contribution in [0.25, 0.3) is 0 Å². The number of hydrogen-bond donors (Lipinski definition) is 1. The predicted molar refractivity (Wildman–Crippen MR) is 76.4 cm³/mol. The Bertz CT molecular complexity index is 412. The predicted octanol–water partition coefficient (Wildman–Crippen LogP) is 3.56. The van der Waals surface area contributed by atoms with Crippen LogP contribution in [0.1, 0.15) is 44.2 Å². The minimum atomic E-state index is 0.0398. The quantitative estimate of drug-likeness (QED) is 0.802. The number of hydrogen-bond acceptors (Lipinski definition) is 1. The summed E-state index contributed by atoms with van der Waals surface area (Å²) >= 11 is 0. The summed E-state index contributed by atoms with van der Waals surface area (Å²) in [5.74, 6) is 2.44. The molecular weight excluding hydrogens is 218 g/mol. The van der Waals surface area contributed by atoms with Crippen molar-refractivity contribution >= 4 is 0 Å². The summed E-state index contributed by atoms with van der Waals surface area (Å²) in [5.41, 5.74) is 9.82. The highest BCUT2D eigenvalue weighted by Crippen LogP contribution is 2.43. The maximum absolute atomic E-state index is 6.79. The lowest BCUT2D eigenvalue weighted by Gasteiger charge is -2.41. The third-order valence-corrected chi connectivity index (χ3v) is 5.57. The molecule has 2 aliphatic rings. The minimum absolute atomic E-state index is 0.0398. The van der Waals surface area contributed by atoms with Gasteiger partial charge in [0.05, 0.1) is 0 Å². The van der Waals surface area contributed by atoms with Gasteiger partial charge in [-0.3, -0.25) is 0 Å². The molecule has 1 heteroatoms. The van der Waals surface area contributed by atoms with Gasteiger partial charge >= 0.3 is 0 Å². The van der Waals surface area contributed by atoms with E-state index in [0.717, 1.165) is 30.6 Å². The molecule has 18 heavy (non-hydrogen) atoms. The first-order valence-corrected chi connectivity index (χ1v) is 7.44. The van der Waals surface area contributed by atoms with Crippen molar-refractivity contribution in [3.8, 4) is 0 Å². The van der Waals surface area contributed by atoms with Crippen LogP contribution in [-0.2, 0) is 12.8 Å². The Morgan fingerprint density at radius 3 is 2.17 bits per heavy atom. The van der Waals surface area contributed by atoms with Crippen molar-refractivity contribution in [3.63, 3.8) is 0 Å². The van der Waals surface area contributed by atoms with Crippen LogP contribution in [0.4, 0.5) is 0 Å². The van der Waals surface area contributed by atoms with Crippen molar-refractivity contribution in [3.05, 3.63) is 35.4 Å². The Morgan fingerprint density at radius 1 is 1.00 bits per heavy atom. The molecule has 0 saturated heterocycles. The van der Waals surface area contributed by atoms with Crippen LogP contribution in [0.2, 0.25) is 0 Å². The molecule has 2 N–H and O–H groups in total. The van der Waals surface area contributed by atoms with Gasteiger partial charge in [0.25, 0.3) is 0 Å². The van der Waals surface area contributed by atoms with E-state index in [2.05, 4.69) is 38.1 Å². The summed E-state index contributed by atoms with van der Waals surface area (Å²) < 4.78 is 0. The van der Waals surface area contributed by atoms with E-state index in [-0.39, 0.29) is 5.54 Å². The summed E-state index contributed by atoms with van der Waals surface area (Å²) in [6.45, 7) is 4.80. The lowest BCUT2D eigenvalue weighted by Crippen LogP contribution is -2.50. The van der Waals surface area contributed by atoms with Crippen LogP contribution >= 0.6 is 0 Å². The van der Waals surface area contributed by atoms with Gasteiger partial charge in [0.15, 0.2) is 0 Å². The van der Waals surface area contributed by atoms with E-state index >= 15 is 0 Å². The molecule has 3 rings (SSSR count). The van der Waals surface area contributed by atoms with E-state index in [0.29, 0.717) is 0 Å². The van der Waals surface area contributed by atoms with Crippen molar-refractivity contribution in [2.75, 3.05) is 0 Å². The molecular formula is C17H25N. The maximum Gasteiger partial charge on any atom is 0.0264 e. The average Bonchev–Trinajstić information content (AvgIpc) is 2.70. The molecule has 0 heterocycles. The zero-order valence-corrected chi connectivity index (χ0v) is 11.7. The largest absolute Gasteiger partial charge is 0.324 e. The zero-order valence-electron chi connectivity index (χ0n) is 11.7. The lowest BCUT2D eigenvalue weighted by atomic mass is 9.67. The monoisotopic (exact) mass is 243 g/mol. The van der Waals surface area contributed by atoms with Crippen LogP contribution < -0.4 is 5.73 Å². The Labute approximate surface area is 111 Å². The highest BCUT2D eigenvalue weighted by Gasteiger charge is 2.42. The SMILES string of the molecule is CC1CCC(C2(N)Cc3ccccc3C2)CC1C. The molecule has 1 aromatic rings. The number of benzene rings is 1. The van der Waals surface area contributed by atoms with E-state index in [1.807, 2.05) is 0 Å². The standard InChI is InChI=1S/C17H25N/c1-12-7-8-16(9-13(12)2)17(18)10-14-5-3-4-6-15(14)11-17/h3-6,12-13,16H,7-11,18H2,1-2H3. The van der Waals surface area contributed by atoms with Gasteiger partial charge in [-0.05, 0) is 54.6 Å². The van der Waals surface area contributed by atoms with E-state index in [1.54, 1.807) is 0 Å². The molecule has 0 aliphatic heterocycles. The molecule has 1 saturated carbocycles. The molecule has 3 unspecified atom stereocenters. The molecule has 0 radical (unpaired) electrons. The van der Waals surface area contributed by atoms with Gasteiger partial charge in [0.2, 0.25) is 0 Å². The van der Waals surface area contributed by atoms with Gasteiger partial charge in [-0.2, -0.15) is 0 Å². The van der Waals surface area contributed by atoms with Gasteiger partial charge in [-0.1, -0.05) is 44.5 Å². The van der Waals surface area contributed by atoms with Crippen LogP contribution in [0.3, 0.4) is 0 Å². The van der Waals surface area contributed by atoms with E-state index in [9.17, 15) is 0 Å². The second-order valence-electron chi connectivity index (χ2n) is 6.82. The van der Waals surface area contributed by atoms with E-state index in [4.69, 9.17) is 5.73 Å². The molecule has 0 aromatic heterocycles. The number of rotatable bonds is 1. The number of fused-ring (bicyclic) bond motifs is 1. The molecule has 98 valence electrons. The Kier molecular flexibility index (Phi) is 2.97. The van der Waals surface area contributed by atoms with Crippen LogP contribution in [0.15, 0.2) is 24.3 Å². The summed E-state index contributed by atoms with van der Waals surface area (Å²) in [7, 11) is 0. The molecule has 2 aliphatic carbocycles. The fourth-order valence-electron chi connectivity index (χ4n) is 4.03. The maximum atomic E-state index is 6.79. The summed E-state index contributed by atoms with van der Waals surface area (Å²) in [6.07, 6.45) is 6.20. The minimum Gasteiger partial charge on any atom is -0.324 e. The third-order valence-electron chi connectivity index (χ3n) is 5.57. The summed E-state index contributed by atoms with van der Waals surface area (Å²) in [4.78, 5) is 0. The van der Waals surface area contributed by atoms with E-state index < -0.39 is 0 Å². The smallest absolute Gasteiger partial charge is 0.0264 e. The molecule has 1 aromatic carbocycles. The van der Waals surface area contributed by atoms with Crippen molar-refractivity contribution in [2.24, 2.45) is 23.5 Å². The first-order chi connectivity index (χ1) is 8.58. The highest BCUT2D eigenvalue weighted by molar-refractivity contribution is 5.36. The van der Waals surface area contributed by atoms with Crippen molar-refractivity contribution < 1.29 is 0 Å². The molecule has 1 nitrogen and oxygen atoms in total. The third kappa shape index (κ3) is 1.99. The second kappa shape index (κ2) is 4.38. The average molecular weight is 243 g/mol. The van der Waals surface area contributed by atoms with Gasteiger partial charge in [-0.25, -0.2) is 0 Å². The van der Waals surface area contributed by atoms with Gasteiger partial charge in [0.1, 0.15) is 0 Å². The zero-order chi connectivity index (χ0) is 12.8. The molecule has 0 amide bonds. The first-order valence-electron chi connectivity index (χ1n) is 7.44. The fraction of sp³-hybridized carbons (Fsp3) is 0.647.